The summed E-state index contributed by atoms with van der Waals surface area (Å²) in [6.07, 6.45) is 0. The largest absolute Gasteiger partial charge is 0.491 e. The van der Waals surface area contributed by atoms with Crippen molar-refractivity contribution in [2.75, 3.05) is 39.3 Å². The predicted octanol–water partition coefficient (Wildman–Crippen LogP) is 2.07. The number of hydrogen-bond acceptors (Lipinski definition) is 4. The molecule has 15 heavy (non-hydrogen) atoms. The molecular weight excluding hydrogens is 210 g/mol. The van der Waals surface area contributed by atoms with Gasteiger partial charge in [0.05, 0.1) is 6.61 Å². The van der Waals surface area contributed by atoms with Crippen LogP contribution in [0.2, 0.25) is 0 Å². The molecule has 0 saturated heterocycles. The van der Waals surface area contributed by atoms with Crippen molar-refractivity contribution in [3.63, 3.8) is 0 Å². The molecule has 4 heteroatoms. The van der Waals surface area contributed by atoms with Gasteiger partial charge in [-0.05, 0) is 18.2 Å². The number of nitrogens with zero attached hydrogens (tertiary/aromatic N) is 1. The number of anilines is 1. The zero-order chi connectivity index (χ0) is 11.3. The van der Waals surface area contributed by atoms with Gasteiger partial charge in [-0.2, -0.15) is 0 Å². The lowest BCUT2D eigenvalue weighted by Gasteiger charge is -2.15. The van der Waals surface area contributed by atoms with Gasteiger partial charge in [0.2, 0.25) is 0 Å². The minimum atomic E-state index is 0.561. The fourth-order valence-corrected chi connectivity index (χ4v) is 1.62. The number of rotatable bonds is 5. The van der Waals surface area contributed by atoms with Gasteiger partial charge in [-0.1, -0.05) is 0 Å². The highest BCUT2D eigenvalue weighted by atomic mass is 32.1. The van der Waals surface area contributed by atoms with Crippen LogP contribution in [0.1, 0.15) is 0 Å². The van der Waals surface area contributed by atoms with Gasteiger partial charge in [0, 0.05) is 31.8 Å². The molecule has 1 aromatic carbocycles. The Morgan fingerprint density at radius 2 is 2.00 bits per heavy atom. The zero-order valence-electron chi connectivity index (χ0n) is 9.36. The van der Waals surface area contributed by atoms with Crippen molar-refractivity contribution in [2.24, 2.45) is 0 Å². The maximum absolute atomic E-state index is 5.47. The van der Waals surface area contributed by atoms with Gasteiger partial charge >= 0.3 is 0 Å². The Balaban J connectivity index is 2.65. The third-order valence-electron chi connectivity index (χ3n) is 1.98. The summed E-state index contributed by atoms with van der Waals surface area (Å²) in [4.78, 5) is 2.93. The van der Waals surface area contributed by atoms with Crippen LogP contribution in [0.25, 0.3) is 0 Å². The minimum absolute atomic E-state index is 0.561. The fourth-order valence-electron chi connectivity index (χ4n) is 1.21. The van der Waals surface area contributed by atoms with Crippen molar-refractivity contribution in [3.8, 4) is 5.75 Å². The topological polar surface area (TPSA) is 21.7 Å². The molecule has 1 rings (SSSR count). The summed E-state index contributed by atoms with van der Waals surface area (Å²) in [5.74, 6) is 0.822. The molecule has 0 heterocycles. The molecule has 0 unspecified atom stereocenters. The highest BCUT2D eigenvalue weighted by Crippen LogP contribution is 2.26. The first-order valence-corrected chi connectivity index (χ1v) is 5.22. The second-order valence-corrected chi connectivity index (χ2v) is 3.87. The van der Waals surface area contributed by atoms with E-state index in [1.165, 1.54) is 0 Å². The van der Waals surface area contributed by atoms with Crippen molar-refractivity contribution in [3.05, 3.63) is 18.2 Å². The van der Waals surface area contributed by atoms with E-state index in [-0.39, 0.29) is 0 Å². The Hall–Kier alpha value is -0.870. The average molecular weight is 227 g/mol. The van der Waals surface area contributed by atoms with Gasteiger partial charge in [0.25, 0.3) is 0 Å². The van der Waals surface area contributed by atoms with Gasteiger partial charge in [-0.15, -0.1) is 12.6 Å². The molecule has 0 spiro atoms. The average Bonchev–Trinajstić information content (AvgIpc) is 2.17. The standard InChI is InChI=1S/C11H17NO2S/c1-12(2)10-5-4-9(8-11(10)15)14-7-6-13-3/h4-5,8,15H,6-7H2,1-3H3. The predicted molar refractivity (Wildman–Crippen MR) is 65.4 cm³/mol. The van der Waals surface area contributed by atoms with Crippen LogP contribution in [0.3, 0.4) is 0 Å². The number of thiol groups is 1. The van der Waals surface area contributed by atoms with E-state index in [1.807, 2.05) is 37.2 Å². The first-order chi connectivity index (χ1) is 7.15. The normalized spacial score (nSPS) is 10.1. The van der Waals surface area contributed by atoms with Crippen LogP contribution in [0.5, 0.6) is 5.75 Å². The van der Waals surface area contributed by atoms with E-state index in [4.69, 9.17) is 9.47 Å². The van der Waals surface area contributed by atoms with Gasteiger partial charge in [-0.3, -0.25) is 0 Å². The van der Waals surface area contributed by atoms with Gasteiger partial charge < -0.3 is 14.4 Å². The molecular formula is C11H17NO2S. The summed E-state index contributed by atoms with van der Waals surface area (Å²) in [6, 6.07) is 5.84. The van der Waals surface area contributed by atoms with Crippen LogP contribution in [-0.4, -0.2) is 34.4 Å². The summed E-state index contributed by atoms with van der Waals surface area (Å²) in [6.45, 7) is 1.16. The Morgan fingerprint density at radius 3 is 2.53 bits per heavy atom. The number of methoxy groups -OCH3 is 1. The molecule has 84 valence electrons. The Bertz CT molecular complexity index is 315. The van der Waals surface area contributed by atoms with E-state index >= 15 is 0 Å². The second-order valence-electron chi connectivity index (χ2n) is 3.39. The third kappa shape index (κ3) is 3.64. The Labute approximate surface area is 96.4 Å². The van der Waals surface area contributed by atoms with Gasteiger partial charge in [0.15, 0.2) is 0 Å². The maximum atomic E-state index is 5.47. The van der Waals surface area contributed by atoms with E-state index in [2.05, 4.69) is 12.6 Å². The molecule has 0 aliphatic heterocycles. The third-order valence-corrected chi connectivity index (χ3v) is 2.34. The van der Waals surface area contributed by atoms with Crippen molar-refractivity contribution >= 4 is 18.3 Å². The van der Waals surface area contributed by atoms with Crippen LogP contribution in [0.4, 0.5) is 5.69 Å². The molecule has 0 atom stereocenters. The van der Waals surface area contributed by atoms with E-state index in [0.29, 0.717) is 13.2 Å². The number of benzene rings is 1. The van der Waals surface area contributed by atoms with Crippen LogP contribution in [0, 0.1) is 0 Å². The molecule has 0 aliphatic carbocycles. The molecule has 0 aromatic heterocycles. The minimum Gasteiger partial charge on any atom is -0.491 e. The summed E-state index contributed by atoms with van der Waals surface area (Å²) < 4.78 is 10.4. The highest BCUT2D eigenvalue weighted by molar-refractivity contribution is 7.80. The zero-order valence-corrected chi connectivity index (χ0v) is 10.3. The van der Waals surface area contributed by atoms with Crippen molar-refractivity contribution < 1.29 is 9.47 Å². The van der Waals surface area contributed by atoms with Crippen LogP contribution >= 0.6 is 12.6 Å². The highest BCUT2D eigenvalue weighted by Gasteiger charge is 2.02. The van der Waals surface area contributed by atoms with Crippen LogP contribution in [-0.2, 0) is 4.74 Å². The summed E-state index contributed by atoms with van der Waals surface area (Å²) in [5.41, 5.74) is 1.08. The molecule has 0 saturated carbocycles. The number of hydrogen-bond donors (Lipinski definition) is 1. The van der Waals surface area contributed by atoms with Crippen LogP contribution < -0.4 is 9.64 Å². The maximum Gasteiger partial charge on any atom is 0.120 e. The fraction of sp³-hybridized carbons (Fsp3) is 0.455. The smallest absolute Gasteiger partial charge is 0.120 e. The lowest BCUT2D eigenvalue weighted by Crippen LogP contribution is -2.09. The lowest BCUT2D eigenvalue weighted by molar-refractivity contribution is 0.146. The molecule has 0 radical (unpaired) electrons. The Kier molecular flexibility index (Phi) is 4.78. The van der Waals surface area contributed by atoms with Crippen molar-refractivity contribution in [1.29, 1.82) is 0 Å². The molecule has 0 bridgehead atoms. The van der Waals surface area contributed by atoms with E-state index < -0.39 is 0 Å². The molecule has 0 amide bonds. The van der Waals surface area contributed by atoms with E-state index in [0.717, 1.165) is 16.3 Å². The lowest BCUT2D eigenvalue weighted by atomic mass is 10.3. The monoisotopic (exact) mass is 227 g/mol. The summed E-state index contributed by atoms with van der Waals surface area (Å²) in [7, 11) is 5.63. The Morgan fingerprint density at radius 1 is 1.27 bits per heavy atom. The van der Waals surface area contributed by atoms with Gasteiger partial charge in [-0.25, -0.2) is 0 Å². The molecule has 0 N–H and O–H groups in total. The second kappa shape index (κ2) is 5.88. The number of ether oxygens (including phenoxy) is 2. The van der Waals surface area contributed by atoms with Crippen molar-refractivity contribution in [2.45, 2.75) is 4.90 Å². The molecule has 3 nitrogen and oxygen atoms in total. The van der Waals surface area contributed by atoms with Gasteiger partial charge in [0.1, 0.15) is 12.4 Å². The first kappa shape index (κ1) is 12.2. The van der Waals surface area contributed by atoms with Crippen molar-refractivity contribution in [1.82, 2.24) is 0 Å². The molecule has 0 aliphatic rings. The first-order valence-electron chi connectivity index (χ1n) is 4.77. The summed E-state index contributed by atoms with van der Waals surface area (Å²) >= 11 is 4.40. The summed E-state index contributed by atoms with van der Waals surface area (Å²) in [5, 5.41) is 0. The van der Waals surface area contributed by atoms with Crippen LogP contribution in [0.15, 0.2) is 23.1 Å². The van der Waals surface area contributed by atoms with E-state index in [9.17, 15) is 0 Å². The van der Waals surface area contributed by atoms with E-state index in [1.54, 1.807) is 7.11 Å². The SMILES string of the molecule is COCCOc1ccc(N(C)C)c(S)c1. The molecule has 0 fully saturated rings. The molecule has 1 aromatic rings. The quantitative estimate of drug-likeness (QED) is 0.615.